The van der Waals surface area contributed by atoms with Crippen molar-refractivity contribution < 1.29 is 13.5 Å². The van der Waals surface area contributed by atoms with Gasteiger partial charge in [-0.25, -0.2) is 8.42 Å². The van der Waals surface area contributed by atoms with Crippen molar-refractivity contribution in [3.8, 4) is 0 Å². The van der Waals surface area contributed by atoms with E-state index in [1.165, 1.54) is 0 Å². The van der Waals surface area contributed by atoms with E-state index in [0.29, 0.717) is 13.1 Å². The summed E-state index contributed by atoms with van der Waals surface area (Å²) in [6.45, 7) is 7.45. The van der Waals surface area contributed by atoms with Gasteiger partial charge >= 0.3 is 0 Å². The molecule has 0 radical (unpaired) electrons. The summed E-state index contributed by atoms with van der Waals surface area (Å²) >= 11 is 0. The number of aliphatic hydroxyl groups excluding tert-OH is 1. The Bertz CT molecular complexity index is 243. The molecule has 15 heavy (non-hydrogen) atoms. The second kappa shape index (κ2) is 7.19. The first-order chi connectivity index (χ1) is 6.94. The molecule has 0 heterocycles. The molecule has 0 aliphatic rings. The topological polar surface area (TPSA) is 57.6 Å². The lowest BCUT2D eigenvalue weighted by atomic mass is 10.4. The summed E-state index contributed by atoms with van der Waals surface area (Å²) < 4.78 is 23.1. The summed E-state index contributed by atoms with van der Waals surface area (Å²) in [5.74, 6) is 0.185. The zero-order chi connectivity index (χ0) is 11.9. The zero-order valence-corrected chi connectivity index (χ0v) is 10.8. The van der Waals surface area contributed by atoms with Gasteiger partial charge in [0.05, 0.1) is 17.6 Å². The lowest BCUT2D eigenvalue weighted by molar-refractivity contribution is 0.203. The summed E-state index contributed by atoms with van der Waals surface area (Å²) in [5, 5.41) is 8.50. The first-order valence-electron chi connectivity index (χ1n) is 5.48. The molecular weight excluding hydrogens is 214 g/mol. The molecule has 0 bridgehead atoms. The summed E-state index contributed by atoms with van der Waals surface area (Å²) in [5.41, 5.74) is 0. The number of aliphatic hydroxyl groups is 1. The predicted octanol–water partition coefficient (Wildman–Crippen LogP) is 0.514. The van der Waals surface area contributed by atoms with Crippen LogP contribution in [-0.2, 0) is 9.84 Å². The predicted molar refractivity (Wildman–Crippen MR) is 62.7 cm³/mol. The minimum Gasteiger partial charge on any atom is -0.395 e. The van der Waals surface area contributed by atoms with Crippen LogP contribution in [0.4, 0.5) is 0 Å². The highest BCUT2D eigenvalue weighted by Gasteiger charge is 2.17. The smallest absolute Gasteiger partial charge is 0.153 e. The standard InChI is InChI=1S/C10H23NO3S/c1-4-5-11(6-8-12)7-9-15(13,14)10(2)3/h10,12H,4-9H2,1-3H3. The van der Waals surface area contributed by atoms with Gasteiger partial charge in [0.1, 0.15) is 0 Å². The molecule has 0 rings (SSSR count). The Morgan fingerprint density at radius 3 is 2.20 bits per heavy atom. The minimum absolute atomic E-state index is 0.0850. The largest absolute Gasteiger partial charge is 0.395 e. The number of hydrogen-bond acceptors (Lipinski definition) is 4. The molecule has 0 unspecified atom stereocenters. The van der Waals surface area contributed by atoms with Gasteiger partial charge < -0.3 is 10.0 Å². The second-order valence-corrected chi connectivity index (χ2v) is 6.66. The van der Waals surface area contributed by atoms with Crippen LogP contribution in [-0.4, -0.2) is 55.7 Å². The van der Waals surface area contributed by atoms with E-state index < -0.39 is 9.84 Å². The van der Waals surface area contributed by atoms with Crippen molar-refractivity contribution in [3.05, 3.63) is 0 Å². The molecule has 0 spiro atoms. The molecule has 0 aromatic rings. The normalized spacial score (nSPS) is 12.7. The van der Waals surface area contributed by atoms with E-state index in [4.69, 9.17) is 5.11 Å². The van der Waals surface area contributed by atoms with Crippen molar-refractivity contribution in [1.82, 2.24) is 4.90 Å². The second-order valence-electron chi connectivity index (χ2n) is 3.98. The van der Waals surface area contributed by atoms with Crippen molar-refractivity contribution in [2.45, 2.75) is 32.4 Å². The van der Waals surface area contributed by atoms with E-state index in [0.717, 1.165) is 13.0 Å². The monoisotopic (exact) mass is 237 g/mol. The molecule has 0 amide bonds. The lowest BCUT2D eigenvalue weighted by Gasteiger charge is -2.20. The summed E-state index contributed by atoms with van der Waals surface area (Å²) in [4.78, 5) is 1.99. The average Bonchev–Trinajstić information content (AvgIpc) is 2.15. The highest BCUT2D eigenvalue weighted by molar-refractivity contribution is 7.92. The van der Waals surface area contributed by atoms with Crippen LogP contribution >= 0.6 is 0 Å². The zero-order valence-electron chi connectivity index (χ0n) is 9.94. The fraction of sp³-hybridized carbons (Fsp3) is 1.00. The maximum Gasteiger partial charge on any atom is 0.153 e. The Kier molecular flexibility index (Phi) is 7.13. The maximum atomic E-state index is 11.6. The number of sulfone groups is 1. The van der Waals surface area contributed by atoms with E-state index in [9.17, 15) is 8.42 Å². The average molecular weight is 237 g/mol. The van der Waals surface area contributed by atoms with Gasteiger partial charge in [-0.1, -0.05) is 6.92 Å². The fourth-order valence-corrected chi connectivity index (χ4v) is 2.27. The van der Waals surface area contributed by atoms with Crippen LogP contribution in [0.2, 0.25) is 0 Å². The molecule has 0 saturated heterocycles. The Hall–Kier alpha value is -0.130. The highest BCUT2D eigenvalue weighted by atomic mass is 32.2. The van der Waals surface area contributed by atoms with Crippen molar-refractivity contribution in [3.63, 3.8) is 0 Å². The molecular formula is C10H23NO3S. The number of rotatable bonds is 8. The van der Waals surface area contributed by atoms with Crippen LogP contribution < -0.4 is 0 Å². The molecule has 0 atom stereocenters. The molecule has 0 aromatic carbocycles. The number of nitrogens with zero attached hydrogens (tertiary/aromatic N) is 1. The molecule has 92 valence electrons. The minimum atomic E-state index is -2.95. The van der Waals surface area contributed by atoms with E-state index >= 15 is 0 Å². The third-order valence-corrected chi connectivity index (χ3v) is 4.55. The summed E-state index contributed by atoms with van der Waals surface area (Å²) in [6.07, 6.45) is 0.974. The van der Waals surface area contributed by atoms with Gasteiger partial charge in [-0.2, -0.15) is 0 Å². The Balaban J connectivity index is 4.09. The van der Waals surface area contributed by atoms with Crippen LogP contribution in [0.25, 0.3) is 0 Å². The van der Waals surface area contributed by atoms with Crippen LogP contribution in [0.3, 0.4) is 0 Å². The lowest BCUT2D eigenvalue weighted by Crippen LogP contribution is -2.34. The van der Waals surface area contributed by atoms with Gasteiger partial charge in [0.25, 0.3) is 0 Å². The molecule has 0 aliphatic carbocycles. The molecule has 1 N–H and O–H groups in total. The fourth-order valence-electron chi connectivity index (χ4n) is 1.29. The van der Waals surface area contributed by atoms with Crippen LogP contribution in [0, 0.1) is 0 Å². The van der Waals surface area contributed by atoms with Gasteiger partial charge in [0, 0.05) is 13.1 Å². The molecule has 4 nitrogen and oxygen atoms in total. The van der Waals surface area contributed by atoms with E-state index in [1.54, 1.807) is 13.8 Å². The van der Waals surface area contributed by atoms with Crippen LogP contribution in [0.15, 0.2) is 0 Å². The Morgan fingerprint density at radius 2 is 1.80 bits per heavy atom. The van der Waals surface area contributed by atoms with Crippen molar-refractivity contribution in [2.75, 3.05) is 32.0 Å². The Morgan fingerprint density at radius 1 is 1.20 bits per heavy atom. The first kappa shape index (κ1) is 14.9. The Labute approximate surface area is 93.2 Å². The van der Waals surface area contributed by atoms with Gasteiger partial charge in [0.15, 0.2) is 9.84 Å². The van der Waals surface area contributed by atoms with Gasteiger partial charge in [-0.05, 0) is 26.8 Å². The third-order valence-electron chi connectivity index (χ3n) is 2.37. The quantitative estimate of drug-likeness (QED) is 0.668. The summed E-state index contributed by atoms with van der Waals surface area (Å²) in [6, 6.07) is 0. The van der Waals surface area contributed by atoms with Gasteiger partial charge in [0.2, 0.25) is 0 Å². The van der Waals surface area contributed by atoms with E-state index in [-0.39, 0.29) is 17.6 Å². The molecule has 0 fully saturated rings. The SMILES string of the molecule is CCCN(CCO)CCS(=O)(=O)C(C)C. The van der Waals surface area contributed by atoms with Gasteiger partial charge in [-0.15, -0.1) is 0 Å². The molecule has 0 saturated carbocycles. The molecule has 0 aromatic heterocycles. The molecule has 0 aliphatic heterocycles. The van der Waals surface area contributed by atoms with Crippen LogP contribution in [0.1, 0.15) is 27.2 Å². The van der Waals surface area contributed by atoms with E-state index in [1.807, 2.05) is 11.8 Å². The summed E-state index contributed by atoms with van der Waals surface area (Å²) in [7, 11) is -2.95. The molecule has 5 heteroatoms. The number of hydrogen-bond donors (Lipinski definition) is 1. The highest BCUT2D eigenvalue weighted by Crippen LogP contribution is 2.02. The van der Waals surface area contributed by atoms with Crippen molar-refractivity contribution >= 4 is 9.84 Å². The van der Waals surface area contributed by atoms with Crippen molar-refractivity contribution in [1.29, 1.82) is 0 Å². The third kappa shape index (κ3) is 6.12. The van der Waals surface area contributed by atoms with Crippen LogP contribution in [0.5, 0.6) is 0 Å². The maximum absolute atomic E-state index is 11.6. The first-order valence-corrected chi connectivity index (χ1v) is 7.20. The van der Waals surface area contributed by atoms with Gasteiger partial charge in [-0.3, -0.25) is 0 Å². The van der Waals surface area contributed by atoms with E-state index in [2.05, 4.69) is 0 Å². The van der Waals surface area contributed by atoms with Crippen molar-refractivity contribution in [2.24, 2.45) is 0 Å².